The van der Waals surface area contributed by atoms with E-state index in [4.69, 9.17) is 5.10 Å². The van der Waals surface area contributed by atoms with Crippen LogP contribution in [0.1, 0.15) is 34.3 Å². The summed E-state index contributed by atoms with van der Waals surface area (Å²) in [6.45, 7) is 5.70. The Kier molecular flexibility index (Phi) is 5.13. The molecule has 4 nitrogen and oxygen atoms in total. The van der Waals surface area contributed by atoms with E-state index in [1.807, 2.05) is 64.7 Å². The maximum atomic E-state index is 13.6. The lowest BCUT2D eigenvalue weighted by Crippen LogP contribution is -2.31. The highest BCUT2D eigenvalue weighted by Gasteiger charge is 2.27. The van der Waals surface area contributed by atoms with E-state index in [0.29, 0.717) is 11.8 Å². The summed E-state index contributed by atoms with van der Waals surface area (Å²) in [5.74, 6) is 0.0870. The number of thioether (sulfide) groups is 1. The molecule has 2 aromatic heterocycles. The van der Waals surface area contributed by atoms with Crippen LogP contribution in [-0.2, 0) is 6.54 Å². The number of fused-ring (bicyclic) bond motifs is 2. The Balaban J connectivity index is 1.51. The molecule has 1 amide bonds. The minimum Gasteiger partial charge on any atom is -0.306 e. The van der Waals surface area contributed by atoms with Crippen LogP contribution in [0.25, 0.3) is 10.2 Å². The van der Waals surface area contributed by atoms with Crippen molar-refractivity contribution in [1.29, 1.82) is 0 Å². The molecule has 30 heavy (non-hydrogen) atoms. The van der Waals surface area contributed by atoms with Crippen LogP contribution in [0, 0.1) is 6.92 Å². The Morgan fingerprint density at radius 3 is 2.73 bits per heavy atom. The molecule has 1 unspecified atom stereocenters. The van der Waals surface area contributed by atoms with Gasteiger partial charge in [-0.1, -0.05) is 49.4 Å². The van der Waals surface area contributed by atoms with Crippen molar-refractivity contribution >= 4 is 44.9 Å². The van der Waals surface area contributed by atoms with Crippen molar-refractivity contribution in [2.75, 3.05) is 11.4 Å². The number of para-hydroxylation sites is 1. The Morgan fingerprint density at radius 1 is 1.13 bits per heavy atom. The molecule has 1 aliphatic rings. The van der Waals surface area contributed by atoms with E-state index in [1.165, 1.54) is 10.5 Å². The largest absolute Gasteiger partial charge is 0.306 e. The third kappa shape index (κ3) is 3.55. The molecule has 5 rings (SSSR count). The van der Waals surface area contributed by atoms with Crippen molar-refractivity contribution in [1.82, 2.24) is 9.78 Å². The molecular formula is C24H23N3OS2. The predicted octanol–water partition coefficient (Wildman–Crippen LogP) is 5.99. The van der Waals surface area contributed by atoms with Crippen molar-refractivity contribution in [2.45, 2.75) is 37.0 Å². The molecule has 1 aliphatic heterocycles. The van der Waals surface area contributed by atoms with Gasteiger partial charge in [-0.05, 0) is 37.1 Å². The van der Waals surface area contributed by atoms with Gasteiger partial charge in [-0.2, -0.15) is 5.10 Å². The summed E-state index contributed by atoms with van der Waals surface area (Å²) in [5.41, 5.74) is 3.20. The molecule has 0 radical (unpaired) electrons. The Hall–Kier alpha value is -2.57. The number of nitrogens with zero attached hydrogens (tertiary/aromatic N) is 3. The van der Waals surface area contributed by atoms with Gasteiger partial charge < -0.3 is 4.90 Å². The number of benzene rings is 2. The molecule has 0 saturated heterocycles. The van der Waals surface area contributed by atoms with Crippen molar-refractivity contribution in [2.24, 2.45) is 0 Å². The number of thiophene rings is 1. The second-order valence-corrected chi connectivity index (χ2v) is 10.2. The van der Waals surface area contributed by atoms with Gasteiger partial charge in [0.25, 0.3) is 5.91 Å². The standard InChI is InChI=1S/C24H23N3OS2/c1-16-12-13-26(20-10-6-7-11-21(20)29-16)23(28)22-14-19-17(2)25-27(24(19)30-22)15-18-8-4-3-5-9-18/h3-11,14,16H,12-13,15H2,1-2H3. The van der Waals surface area contributed by atoms with Gasteiger partial charge in [0.15, 0.2) is 0 Å². The highest BCUT2D eigenvalue weighted by atomic mass is 32.2. The van der Waals surface area contributed by atoms with Crippen LogP contribution in [0.4, 0.5) is 5.69 Å². The normalized spacial score (nSPS) is 16.5. The smallest absolute Gasteiger partial charge is 0.268 e. The zero-order valence-corrected chi connectivity index (χ0v) is 18.7. The Morgan fingerprint density at radius 2 is 1.90 bits per heavy atom. The molecule has 0 N–H and O–H groups in total. The summed E-state index contributed by atoms with van der Waals surface area (Å²) in [6.07, 6.45) is 0.983. The second kappa shape index (κ2) is 7.93. The van der Waals surface area contributed by atoms with E-state index in [2.05, 4.69) is 31.2 Å². The predicted molar refractivity (Wildman–Crippen MR) is 126 cm³/mol. The molecule has 0 fully saturated rings. The number of rotatable bonds is 3. The number of hydrogen-bond acceptors (Lipinski definition) is 4. The fourth-order valence-electron chi connectivity index (χ4n) is 3.91. The van der Waals surface area contributed by atoms with Crippen LogP contribution < -0.4 is 4.90 Å². The minimum atomic E-state index is 0.0870. The van der Waals surface area contributed by atoms with Crippen LogP contribution in [0.15, 0.2) is 65.6 Å². The molecule has 0 spiro atoms. The molecule has 0 saturated carbocycles. The van der Waals surface area contributed by atoms with E-state index < -0.39 is 0 Å². The van der Waals surface area contributed by atoms with E-state index in [-0.39, 0.29) is 5.91 Å². The lowest BCUT2D eigenvalue weighted by molar-refractivity contribution is 0.0990. The number of aryl methyl sites for hydroxylation is 1. The molecule has 1 atom stereocenters. The summed E-state index contributed by atoms with van der Waals surface area (Å²) in [4.78, 5) is 18.6. The number of carbonyl (C=O) groups excluding carboxylic acids is 1. The van der Waals surface area contributed by atoms with Crippen LogP contribution in [0.5, 0.6) is 0 Å². The van der Waals surface area contributed by atoms with Gasteiger partial charge in [0, 0.05) is 22.1 Å². The summed E-state index contributed by atoms with van der Waals surface area (Å²) in [5, 5.41) is 6.29. The highest BCUT2D eigenvalue weighted by Crippen LogP contribution is 2.39. The van der Waals surface area contributed by atoms with Crippen molar-refractivity contribution in [3.8, 4) is 0 Å². The zero-order chi connectivity index (χ0) is 20.7. The third-order valence-corrected chi connectivity index (χ3v) is 7.86. The van der Waals surface area contributed by atoms with Gasteiger partial charge >= 0.3 is 0 Å². The van der Waals surface area contributed by atoms with E-state index in [0.717, 1.165) is 39.4 Å². The van der Waals surface area contributed by atoms with Gasteiger partial charge in [0.05, 0.1) is 22.8 Å². The average Bonchev–Trinajstić information content (AvgIpc) is 3.26. The SMILES string of the molecule is Cc1nn(Cc2ccccc2)c2sc(C(=O)N3CCC(C)Sc4ccccc43)cc12. The number of carbonyl (C=O) groups is 1. The quantitative estimate of drug-likeness (QED) is 0.399. The summed E-state index contributed by atoms with van der Waals surface area (Å²) in [6, 6.07) is 20.6. The zero-order valence-electron chi connectivity index (χ0n) is 17.0. The first kappa shape index (κ1) is 19.4. The first-order chi connectivity index (χ1) is 14.6. The topological polar surface area (TPSA) is 38.1 Å². The molecular weight excluding hydrogens is 410 g/mol. The molecule has 4 aromatic rings. The van der Waals surface area contributed by atoms with Gasteiger partial charge in [-0.15, -0.1) is 23.1 Å². The third-order valence-electron chi connectivity index (χ3n) is 5.48. The maximum absolute atomic E-state index is 13.6. The fraction of sp³-hybridized carbons (Fsp3) is 0.250. The number of amides is 1. The average molecular weight is 434 g/mol. The highest BCUT2D eigenvalue weighted by molar-refractivity contribution is 8.00. The van der Waals surface area contributed by atoms with Crippen LogP contribution in [0.2, 0.25) is 0 Å². The number of hydrogen-bond donors (Lipinski definition) is 0. The van der Waals surface area contributed by atoms with Crippen molar-refractivity contribution in [3.63, 3.8) is 0 Å². The lowest BCUT2D eigenvalue weighted by atomic mass is 10.2. The molecule has 2 aromatic carbocycles. The molecule has 6 heteroatoms. The van der Waals surface area contributed by atoms with Crippen molar-refractivity contribution in [3.05, 3.63) is 76.8 Å². The summed E-state index contributed by atoms with van der Waals surface area (Å²) in [7, 11) is 0. The summed E-state index contributed by atoms with van der Waals surface area (Å²) < 4.78 is 2.02. The molecule has 0 aliphatic carbocycles. The van der Waals surface area contributed by atoms with E-state index in [1.54, 1.807) is 11.3 Å². The monoisotopic (exact) mass is 433 g/mol. The van der Waals surface area contributed by atoms with Crippen LogP contribution in [0.3, 0.4) is 0 Å². The Labute approximate surface area is 184 Å². The van der Waals surface area contributed by atoms with Crippen LogP contribution in [-0.4, -0.2) is 27.5 Å². The second-order valence-electron chi connectivity index (χ2n) is 7.70. The first-order valence-corrected chi connectivity index (χ1v) is 11.9. The Bertz CT molecular complexity index is 1210. The first-order valence-electron chi connectivity index (χ1n) is 10.2. The van der Waals surface area contributed by atoms with E-state index >= 15 is 0 Å². The summed E-state index contributed by atoms with van der Waals surface area (Å²) >= 11 is 3.41. The maximum Gasteiger partial charge on any atom is 0.268 e. The minimum absolute atomic E-state index is 0.0870. The van der Waals surface area contributed by atoms with Crippen molar-refractivity contribution < 1.29 is 4.79 Å². The lowest BCUT2D eigenvalue weighted by Gasteiger charge is -2.21. The van der Waals surface area contributed by atoms with Gasteiger partial charge in [0.1, 0.15) is 4.83 Å². The van der Waals surface area contributed by atoms with Gasteiger partial charge in [-0.25, -0.2) is 0 Å². The fourth-order valence-corrected chi connectivity index (χ4v) is 6.14. The van der Waals surface area contributed by atoms with Crippen LogP contribution >= 0.6 is 23.1 Å². The molecule has 0 bridgehead atoms. The number of anilines is 1. The van der Waals surface area contributed by atoms with E-state index in [9.17, 15) is 4.79 Å². The van der Waals surface area contributed by atoms with Gasteiger partial charge in [0.2, 0.25) is 0 Å². The molecule has 3 heterocycles. The molecule has 152 valence electrons. The number of aromatic nitrogens is 2. The van der Waals surface area contributed by atoms with Gasteiger partial charge in [-0.3, -0.25) is 9.48 Å².